The summed E-state index contributed by atoms with van der Waals surface area (Å²) in [4.78, 5) is 31.9. The standard InChI is InChI=1S/C28H40N8O2/c1-19-25(20(2)38-32-19)22-6-7-24-23(18-22)26(35-10-8-21(9-11-35)27(37)29-3)31-28(30-24)36-16-14-34(15-17-36)13-12-33(4)5/h6-7,18,21H,8-17H2,1-5H3,(H,29,37). The van der Waals surface area contributed by atoms with E-state index in [0.717, 1.165) is 110 Å². The van der Waals surface area contributed by atoms with Crippen molar-refractivity contribution >= 4 is 28.6 Å². The zero-order valence-electron chi connectivity index (χ0n) is 23.3. The summed E-state index contributed by atoms with van der Waals surface area (Å²) in [6, 6.07) is 6.37. The molecular weight excluding hydrogens is 480 g/mol. The molecular formula is C28H40N8O2. The van der Waals surface area contributed by atoms with Crippen molar-refractivity contribution in [3.8, 4) is 11.1 Å². The molecule has 1 aromatic carbocycles. The van der Waals surface area contributed by atoms with Crippen LogP contribution in [0.25, 0.3) is 22.0 Å². The molecule has 1 amide bonds. The van der Waals surface area contributed by atoms with E-state index in [1.54, 1.807) is 7.05 Å². The van der Waals surface area contributed by atoms with E-state index >= 15 is 0 Å². The van der Waals surface area contributed by atoms with Crippen LogP contribution in [-0.2, 0) is 4.79 Å². The van der Waals surface area contributed by atoms with Crippen LogP contribution in [0.1, 0.15) is 24.3 Å². The number of carbonyl (C=O) groups excluding carboxylic acids is 1. The highest BCUT2D eigenvalue weighted by molar-refractivity contribution is 5.94. The predicted octanol–water partition coefficient (Wildman–Crippen LogP) is 2.55. The molecule has 4 heterocycles. The number of aryl methyl sites for hydroxylation is 2. The van der Waals surface area contributed by atoms with Gasteiger partial charge in [-0.2, -0.15) is 4.98 Å². The highest BCUT2D eigenvalue weighted by atomic mass is 16.5. The molecule has 38 heavy (non-hydrogen) atoms. The lowest BCUT2D eigenvalue weighted by molar-refractivity contribution is -0.125. The molecule has 2 aliphatic heterocycles. The molecule has 0 saturated carbocycles. The Bertz CT molecular complexity index is 1250. The smallest absolute Gasteiger partial charge is 0.227 e. The average Bonchev–Trinajstić information content (AvgIpc) is 3.28. The summed E-state index contributed by atoms with van der Waals surface area (Å²) in [7, 11) is 5.96. The molecule has 10 heteroatoms. The van der Waals surface area contributed by atoms with Gasteiger partial charge in [-0.15, -0.1) is 0 Å². The van der Waals surface area contributed by atoms with Crippen molar-refractivity contribution in [3.63, 3.8) is 0 Å². The van der Waals surface area contributed by atoms with Gasteiger partial charge in [-0.3, -0.25) is 9.69 Å². The molecule has 3 aromatic rings. The van der Waals surface area contributed by atoms with Crippen molar-refractivity contribution in [2.24, 2.45) is 5.92 Å². The number of hydrogen-bond donors (Lipinski definition) is 1. The van der Waals surface area contributed by atoms with E-state index < -0.39 is 0 Å². The molecule has 2 aliphatic rings. The van der Waals surface area contributed by atoms with Gasteiger partial charge >= 0.3 is 0 Å². The number of aromatic nitrogens is 3. The van der Waals surface area contributed by atoms with Crippen LogP contribution in [0.15, 0.2) is 22.7 Å². The highest BCUT2D eigenvalue weighted by Crippen LogP contribution is 2.35. The molecule has 2 saturated heterocycles. The number of amides is 1. The van der Waals surface area contributed by atoms with Crippen LogP contribution in [0.4, 0.5) is 11.8 Å². The van der Waals surface area contributed by atoms with Gasteiger partial charge in [-0.25, -0.2) is 4.98 Å². The number of fused-ring (bicyclic) bond motifs is 1. The Hall–Kier alpha value is -3.24. The Morgan fingerprint density at radius 3 is 2.42 bits per heavy atom. The third-order valence-electron chi connectivity index (χ3n) is 7.92. The molecule has 0 bridgehead atoms. The van der Waals surface area contributed by atoms with E-state index in [0.29, 0.717) is 0 Å². The number of nitrogens with zero attached hydrogens (tertiary/aromatic N) is 7. The Morgan fingerprint density at radius 2 is 1.79 bits per heavy atom. The first-order valence-corrected chi connectivity index (χ1v) is 13.7. The molecule has 10 nitrogen and oxygen atoms in total. The third-order valence-corrected chi connectivity index (χ3v) is 7.92. The number of piperidine rings is 1. The zero-order chi connectivity index (χ0) is 26.8. The number of hydrogen-bond acceptors (Lipinski definition) is 9. The molecule has 0 aliphatic carbocycles. The second kappa shape index (κ2) is 11.2. The Morgan fingerprint density at radius 1 is 1.05 bits per heavy atom. The molecule has 2 fully saturated rings. The van der Waals surface area contributed by atoms with Crippen LogP contribution in [0.3, 0.4) is 0 Å². The van der Waals surface area contributed by atoms with E-state index in [1.165, 1.54) is 0 Å². The fourth-order valence-corrected chi connectivity index (χ4v) is 5.60. The Balaban J connectivity index is 1.46. The molecule has 5 rings (SSSR count). The zero-order valence-corrected chi connectivity index (χ0v) is 23.3. The molecule has 204 valence electrons. The van der Waals surface area contributed by atoms with Crippen LogP contribution in [0, 0.1) is 19.8 Å². The van der Waals surface area contributed by atoms with Crippen molar-refractivity contribution in [2.75, 3.05) is 83.3 Å². The maximum Gasteiger partial charge on any atom is 0.227 e. The van der Waals surface area contributed by atoms with E-state index in [2.05, 4.69) is 62.4 Å². The van der Waals surface area contributed by atoms with Gasteiger partial charge in [-0.05, 0) is 58.5 Å². The molecule has 0 atom stereocenters. The topological polar surface area (TPSA) is 93.9 Å². The first-order chi connectivity index (χ1) is 18.3. The molecule has 1 N–H and O–H groups in total. The third kappa shape index (κ3) is 5.47. The van der Waals surface area contributed by atoms with Gasteiger partial charge in [0.25, 0.3) is 0 Å². The molecule has 0 radical (unpaired) electrons. The van der Waals surface area contributed by atoms with Gasteiger partial charge < -0.3 is 24.5 Å². The van der Waals surface area contributed by atoms with Gasteiger partial charge in [0.05, 0.1) is 11.2 Å². The molecule has 0 unspecified atom stereocenters. The van der Waals surface area contributed by atoms with Gasteiger partial charge in [0.2, 0.25) is 11.9 Å². The summed E-state index contributed by atoms with van der Waals surface area (Å²) in [6.07, 6.45) is 1.63. The quantitative estimate of drug-likeness (QED) is 0.504. The first-order valence-electron chi connectivity index (χ1n) is 13.7. The summed E-state index contributed by atoms with van der Waals surface area (Å²) in [5.41, 5.74) is 3.89. The second-order valence-corrected chi connectivity index (χ2v) is 10.8. The minimum Gasteiger partial charge on any atom is -0.361 e. The van der Waals surface area contributed by atoms with E-state index in [9.17, 15) is 4.79 Å². The Kier molecular flexibility index (Phi) is 7.80. The fourth-order valence-electron chi connectivity index (χ4n) is 5.60. The van der Waals surface area contributed by atoms with Crippen LogP contribution in [0.2, 0.25) is 0 Å². The normalized spacial score (nSPS) is 17.5. The predicted molar refractivity (Wildman–Crippen MR) is 151 cm³/mol. The van der Waals surface area contributed by atoms with Gasteiger partial charge in [0.1, 0.15) is 11.6 Å². The van der Waals surface area contributed by atoms with E-state index in [-0.39, 0.29) is 11.8 Å². The highest BCUT2D eigenvalue weighted by Gasteiger charge is 2.28. The number of nitrogens with one attached hydrogen (secondary N) is 1. The second-order valence-electron chi connectivity index (χ2n) is 10.8. The molecule has 0 spiro atoms. The van der Waals surface area contributed by atoms with Crippen molar-refractivity contribution < 1.29 is 9.32 Å². The summed E-state index contributed by atoms with van der Waals surface area (Å²) >= 11 is 0. The minimum absolute atomic E-state index is 0.0527. The van der Waals surface area contributed by atoms with Crippen molar-refractivity contribution in [3.05, 3.63) is 29.7 Å². The minimum atomic E-state index is 0.0527. The monoisotopic (exact) mass is 520 g/mol. The van der Waals surface area contributed by atoms with Gasteiger partial charge in [-0.1, -0.05) is 11.2 Å². The van der Waals surface area contributed by atoms with Crippen molar-refractivity contribution in [1.82, 2.24) is 30.2 Å². The number of rotatable bonds is 7. The van der Waals surface area contributed by atoms with E-state index in [4.69, 9.17) is 14.5 Å². The number of anilines is 2. The SMILES string of the molecule is CNC(=O)C1CCN(c2nc(N3CCN(CCN(C)C)CC3)nc3ccc(-c4c(C)noc4C)cc23)CC1. The number of benzene rings is 1. The van der Waals surface area contributed by atoms with Crippen LogP contribution >= 0.6 is 0 Å². The summed E-state index contributed by atoms with van der Waals surface area (Å²) in [6.45, 7) is 11.5. The van der Waals surface area contributed by atoms with Crippen molar-refractivity contribution in [1.29, 1.82) is 0 Å². The van der Waals surface area contributed by atoms with Crippen LogP contribution < -0.4 is 15.1 Å². The largest absolute Gasteiger partial charge is 0.361 e. The molecule has 2 aromatic heterocycles. The lowest BCUT2D eigenvalue weighted by Gasteiger charge is -2.36. The van der Waals surface area contributed by atoms with Crippen molar-refractivity contribution in [2.45, 2.75) is 26.7 Å². The lowest BCUT2D eigenvalue weighted by atomic mass is 9.95. The Labute approximate surface area is 225 Å². The number of carbonyl (C=O) groups is 1. The summed E-state index contributed by atoms with van der Waals surface area (Å²) in [5.74, 6) is 2.73. The lowest BCUT2D eigenvalue weighted by Crippen LogP contribution is -2.48. The van der Waals surface area contributed by atoms with Gasteiger partial charge in [0, 0.05) is 76.3 Å². The van der Waals surface area contributed by atoms with E-state index in [1.807, 2.05) is 13.8 Å². The average molecular weight is 521 g/mol. The first kappa shape index (κ1) is 26.4. The summed E-state index contributed by atoms with van der Waals surface area (Å²) < 4.78 is 5.45. The van der Waals surface area contributed by atoms with Crippen LogP contribution in [-0.4, -0.2) is 104 Å². The van der Waals surface area contributed by atoms with Gasteiger partial charge in [0.15, 0.2) is 0 Å². The summed E-state index contributed by atoms with van der Waals surface area (Å²) in [5, 5.41) is 7.99. The number of piperazine rings is 1. The fraction of sp³-hybridized carbons (Fsp3) is 0.571. The van der Waals surface area contributed by atoms with Crippen LogP contribution in [0.5, 0.6) is 0 Å². The maximum atomic E-state index is 12.2. The maximum absolute atomic E-state index is 12.2. The number of likely N-dealkylation sites (N-methyl/N-ethyl adjacent to an activating group) is 1.